The van der Waals surface area contributed by atoms with Gasteiger partial charge in [-0.2, -0.15) is 30.2 Å². The van der Waals surface area contributed by atoms with Crippen molar-refractivity contribution < 1.29 is 31.1 Å². The number of aromatic nitrogens is 2. The quantitative estimate of drug-likeness (QED) is 0.577. The Balaban J connectivity index is 2.03. The molecule has 3 heterocycles. The molecule has 0 N–H and O–H groups in total. The number of thiophene rings is 1. The molecule has 1 fully saturated rings. The number of amides is 1. The molecule has 1 aliphatic heterocycles. The lowest BCUT2D eigenvalue weighted by atomic mass is 10.2. The highest BCUT2D eigenvalue weighted by molar-refractivity contribution is 7.87. The van der Waals surface area contributed by atoms with Crippen LogP contribution in [0.5, 0.6) is 0 Å². The van der Waals surface area contributed by atoms with E-state index >= 15 is 0 Å². The lowest BCUT2D eigenvalue weighted by molar-refractivity contribution is -0.136. The van der Waals surface area contributed by atoms with E-state index in [1.165, 1.54) is 6.92 Å². The summed E-state index contributed by atoms with van der Waals surface area (Å²) in [6, 6.07) is 0. The minimum absolute atomic E-state index is 0.0321. The first-order chi connectivity index (χ1) is 16.0. The zero-order valence-corrected chi connectivity index (χ0v) is 21.6. The Labute approximate surface area is 203 Å². The van der Waals surface area contributed by atoms with Crippen molar-refractivity contribution in [2.24, 2.45) is 0 Å². The fraction of sp³-hybridized carbons (Fsp3) is 0.650. The first-order valence-corrected chi connectivity index (χ1v) is 13.0. The largest absolute Gasteiger partial charge is 0.443 e. The summed E-state index contributed by atoms with van der Waals surface area (Å²) in [6.45, 7) is 6.81. The minimum Gasteiger partial charge on any atom is -0.443 e. The number of hydrogen-bond donors (Lipinski definition) is 0. The Morgan fingerprint density at radius 3 is 2.29 bits per heavy atom. The normalized spacial score (nSPS) is 16.9. The standard InChI is InChI=1S/C20H27F3N4O6S2/c1-6-25-15(28)14-12(2)13(34-16(14)26(17(25)29)8-7-20(21,22)23)11-24-9-10-27(35(24,31)32)18(30)33-19(3,4)5/h6-11H2,1-5H3. The second-order valence-corrected chi connectivity index (χ2v) is 12.0. The molecule has 1 aliphatic rings. The van der Waals surface area contributed by atoms with Crippen LogP contribution in [0.2, 0.25) is 0 Å². The van der Waals surface area contributed by atoms with Crippen LogP contribution in [-0.2, 0) is 34.6 Å². The Morgan fingerprint density at radius 2 is 1.74 bits per heavy atom. The number of rotatable bonds is 5. The summed E-state index contributed by atoms with van der Waals surface area (Å²) in [7, 11) is -4.22. The van der Waals surface area contributed by atoms with Gasteiger partial charge < -0.3 is 4.74 Å². The van der Waals surface area contributed by atoms with Crippen LogP contribution in [0.25, 0.3) is 10.2 Å². The molecule has 1 saturated heterocycles. The van der Waals surface area contributed by atoms with Gasteiger partial charge in [-0.05, 0) is 40.2 Å². The SMILES string of the molecule is CCn1c(=O)c2c(C)c(CN3CCN(C(=O)OC(C)(C)C)S3(=O)=O)sc2n(CCC(F)(F)F)c1=O. The molecule has 0 spiro atoms. The number of halogens is 3. The maximum absolute atomic E-state index is 13.0. The molecule has 10 nitrogen and oxygen atoms in total. The molecular weight excluding hydrogens is 513 g/mol. The highest BCUT2D eigenvalue weighted by Gasteiger charge is 2.42. The van der Waals surface area contributed by atoms with E-state index in [1.807, 2.05) is 0 Å². The van der Waals surface area contributed by atoms with E-state index in [0.29, 0.717) is 14.7 Å². The molecule has 3 rings (SSSR count). The number of carbonyl (C=O) groups excluding carboxylic acids is 1. The summed E-state index contributed by atoms with van der Waals surface area (Å²) in [6.07, 6.45) is -6.79. The van der Waals surface area contributed by atoms with Gasteiger partial charge in [-0.15, -0.1) is 11.3 Å². The number of aryl methyl sites for hydroxylation is 2. The molecule has 196 valence electrons. The van der Waals surface area contributed by atoms with E-state index in [0.717, 1.165) is 24.8 Å². The van der Waals surface area contributed by atoms with Crippen LogP contribution in [0.1, 0.15) is 44.6 Å². The smallest absolute Gasteiger partial charge is 0.425 e. The molecule has 35 heavy (non-hydrogen) atoms. The Bertz CT molecular complexity index is 1370. The first kappa shape index (κ1) is 27.2. The van der Waals surface area contributed by atoms with E-state index < -0.39 is 52.3 Å². The molecule has 2 aromatic heterocycles. The van der Waals surface area contributed by atoms with Crippen LogP contribution < -0.4 is 11.2 Å². The van der Waals surface area contributed by atoms with Gasteiger partial charge >= 0.3 is 28.2 Å². The Hall–Kier alpha value is -2.39. The van der Waals surface area contributed by atoms with Gasteiger partial charge in [0.1, 0.15) is 10.4 Å². The van der Waals surface area contributed by atoms with Crippen LogP contribution in [0, 0.1) is 6.92 Å². The summed E-state index contributed by atoms with van der Waals surface area (Å²) < 4.78 is 73.2. The van der Waals surface area contributed by atoms with Crippen LogP contribution in [-0.4, -0.2) is 57.1 Å². The van der Waals surface area contributed by atoms with Crippen LogP contribution >= 0.6 is 11.3 Å². The molecule has 1 amide bonds. The van der Waals surface area contributed by atoms with Crippen LogP contribution in [0.3, 0.4) is 0 Å². The number of ether oxygens (including phenoxy) is 1. The summed E-state index contributed by atoms with van der Waals surface area (Å²) >= 11 is 0.897. The van der Waals surface area contributed by atoms with E-state index in [1.54, 1.807) is 27.7 Å². The van der Waals surface area contributed by atoms with Crippen molar-refractivity contribution in [1.82, 2.24) is 17.7 Å². The molecule has 0 aromatic carbocycles. The van der Waals surface area contributed by atoms with Gasteiger partial charge in [-0.1, -0.05) is 0 Å². The van der Waals surface area contributed by atoms with E-state index in [2.05, 4.69) is 0 Å². The minimum atomic E-state index is -4.51. The molecule has 0 atom stereocenters. The zero-order chi connectivity index (χ0) is 26.5. The molecule has 0 saturated carbocycles. The van der Waals surface area contributed by atoms with Crippen molar-refractivity contribution in [1.29, 1.82) is 0 Å². The lowest BCUT2D eigenvalue weighted by Crippen LogP contribution is -2.40. The van der Waals surface area contributed by atoms with E-state index in [4.69, 9.17) is 4.74 Å². The summed E-state index contributed by atoms with van der Waals surface area (Å²) in [5.41, 5.74) is -2.02. The first-order valence-electron chi connectivity index (χ1n) is 10.8. The number of hydrogen-bond acceptors (Lipinski definition) is 7. The topological polar surface area (TPSA) is 111 Å². The maximum Gasteiger partial charge on any atom is 0.425 e. The number of alkyl halides is 3. The molecular formula is C20H27F3N4O6S2. The second kappa shape index (κ2) is 9.24. The summed E-state index contributed by atoms with van der Waals surface area (Å²) in [5.74, 6) is 0. The Morgan fingerprint density at radius 1 is 1.11 bits per heavy atom. The van der Waals surface area contributed by atoms with Crippen molar-refractivity contribution in [2.75, 3.05) is 13.1 Å². The fourth-order valence-corrected chi connectivity index (χ4v) is 6.53. The van der Waals surface area contributed by atoms with Gasteiger partial charge in [-0.3, -0.25) is 13.9 Å². The van der Waals surface area contributed by atoms with Gasteiger partial charge in [0, 0.05) is 24.5 Å². The van der Waals surface area contributed by atoms with E-state index in [-0.39, 0.29) is 36.4 Å². The average Bonchev–Trinajstić information content (AvgIpc) is 3.16. The van der Waals surface area contributed by atoms with Crippen LogP contribution in [0.15, 0.2) is 9.59 Å². The lowest BCUT2D eigenvalue weighted by Gasteiger charge is -2.24. The van der Waals surface area contributed by atoms with Crippen molar-refractivity contribution >= 4 is 37.9 Å². The summed E-state index contributed by atoms with van der Waals surface area (Å²) in [4.78, 5) is 38.5. The molecule has 0 bridgehead atoms. The number of nitrogens with zero attached hydrogens (tertiary/aromatic N) is 4. The molecule has 15 heteroatoms. The van der Waals surface area contributed by atoms with Crippen molar-refractivity contribution in [3.8, 4) is 0 Å². The Kier molecular flexibility index (Phi) is 7.18. The molecule has 0 radical (unpaired) electrons. The second-order valence-electron chi connectivity index (χ2n) is 9.07. The number of fused-ring (bicyclic) bond motifs is 1. The van der Waals surface area contributed by atoms with Gasteiger partial charge in [-0.25, -0.2) is 9.59 Å². The molecule has 0 aliphatic carbocycles. The predicted octanol–water partition coefficient (Wildman–Crippen LogP) is 2.80. The van der Waals surface area contributed by atoms with Crippen LogP contribution in [0.4, 0.5) is 18.0 Å². The van der Waals surface area contributed by atoms with Crippen molar-refractivity contribution in [2.45, 2.75) is 72.5 Å². The van der Waals surface area contributed by atoms with E-state index in [9.17, 15) is 36.0 Å². The fourth-order valence-electron chi connectivity index (χ4n) is 3.70. The molecule has 0 unspecified atom stereocenters. The van der Waals surface area contributed by atoms with Gasteiger partial charge in [0.15, 0.2) is 0 Å². The predicted molar refractivity (Wildman–Crippen MR) is 124 cm³/mol. The maximum atomic E-state index is 13.0. The highest BCUT2D eigenvalue weighted by Crippen LogP contribution is 2.32. The van der Waals surface area contributed by atoms with Crippen molar-refractivity contribution in [3.63, 3.8) is 0 Å². The van der Waals surface area contributed by atoms with Gasteiger partial charge in [0.2, 0.25) is 0 Å². The van der Waals surface area contributed by atoms with Gasteiger partial charge in [0.25, 0.3) is 5.56 Å². The van der Waals surface area contributed by atoms with Crippen molar-refractivity contribution in [3.05, 3.63) is 31.3 Å². The third-order valence-electron chi connectivity index (χ3n) is 5.40. The summed E-state index contributed by atoms with van der Waals surface area (Å²) in [5, 5.41) is 0.0780. The highest BCUT2D eigenvalue weighted by atomic mass is 32.2. The average molecular weight is 541 g/mol. The van der Waals surface area contributed by atoms with Gasteiger partial charge in [0.05, 0.1) is 24.9 Å². The number of carbonyl (C=O) groups is 1. The third kappa shape index (κ3) is 5.40. The third-order valence-corrected chi connectivity index (χ3v) is 8.55. The monoisotopic (exact) mass is 540 g/mol. The zero-order valence-electron chi connectivity index (χ0n) is 19.9. The molecule has 2 aromatic rings.